The molecule has 0 aliphatic rings. The lowest BCUT2D eigenvalue weighted by Gasteiger charge is -2.06. The molecule has 16 heavy (non-hydrogen) atoms. The average molecular weight is 281 g/mol. The number of nitrogens with zero attached hydrogens (tertiary/aromatic N) is 2. The second kappa shape index (κ2) is 4.49. The van der Waals surface area contributed by atoms with Crippen LogP contribution in [0.2, 0.25) is 0 Å². The highest BCUT2D eigenvalue weighted by molar-refractivity contribution is 9.10. The maximum Gasteiger partial charge on any atom is 0.354 e. The minimum Gasteiger partial charge on any atom is -0.477 e. The fourth-order valence-electron chi connectivity index (χ4n) is 1.44. The fourth-order valence-corrected chi connectivity index (χ4v) is 1.86. The van der Waals surface area contributed by atoms with Gasteiger partial charge in [-0.3, -0.25) is 0 Å². The summed E-state index contributed by atoms with van der Waals surface area (Å²) < 4.78 is 2.13. The van der Waals surface area contributed by atoms with Crippen molar-refractivity contribution in [3.8, 4) is 0 Å². The van der Waals surface area contributed by atoms with Gasteiger partial charge in [0.2, 0.25) is 0 Å². The summed E-state index contributed by atoms with van der Waals surface area (Å²) in [6.07, 6.45) is 1.34. The Hall–Kier alpha value is -1.62. The lowest BCUT2D eigenvalue weighted by molar-refractivity contribution is 0.0685. The standard InChI is InChI=1S/C11H9BrN2O2/c12-11-13-6-9(10(15)16)14(11)7-8-4-2-1-3-5-8/h1-6H,7H2,(H,15,16). The Morgan fingerprint density at radius 1 is 1.38 bits per heavy atom. The average Bonchev–Trinajstić information content (AvgIpc) is 2.62. The van der Waals surface area contributed by atoms with E-state index in [9.17, 15) is 4.79 Å². The number of rotatable bonds is 3. The Bertz CT molecular complexity index is 508. The van der Waals surface area contributed by atoms with Gasteiger partial charge in [0.1, 0.15) is 5.69 Å². The molecule has 0 atom stereocenters. The number of hydrogen-bond donors (Lipinski definition) is 1. The molecule has 0 saturated heterocycles. The number of aromatic nitrogens is 2. The van der Waals surface area contributed by atoms with Crippen LogP contribution in [0.1, 0.15) is 16.1 Å². The van der Waals surface area contributed by atoms with E-state index in [1.807, 2.05) is 30.3 Å². The van der Waals surface area contributed by atoms with E-state index < -0.39 is 5.97 Å². The second-order valence-electron chi connectivity index (χ2n) is 3.29. The van der Waals surface area contributed by atoms with Gasteiger partial charge in [-0.05, 0) is 21.5 Å². The SMILES string of the molecule is O=C(O)c1cnc(Br)n1Cc1ccccc1. The van der Waals surface area contributed by atoms with Gasteiger partial charge in [0.15, 0.2) is 4.73 Å². The van der Waals surface area contributed by atoms with Gasteiger partial charge in [-0.25, -0.2) is 9.78 Å². The molecule has 1 aromatic carbocycles. The van der Waals surface area contributed by atoms with E-state index in [2.05, 4.69) is 20.9 Å². The maximum absolute atomic E-state index is 10.9. The molecule has 0 amide bonds. The van der Waals surface area contributed by atoms with Crippen LogP contribution in [-0.4, -0.2) is 20.6 Å². The van der Waals surface area contributed by atoms with Crippen LogP contribution in [-0.2, 0) is 6.54 Å². The minimum atomic E-state index is -0.978. The highest BCUT2D eigenvalue weighted by atomic mass is 79.9. The molecule has 4 nitrogen and oxygen atoms in total. The lowest BCUT2D eigenvalue weighted by Crippen LogP contribution is -2.09. The molecular formula is C11H9BrN2O2. The fraction of sp³-hybridized carbons (Fsp3) is 0.0909. The Morgan fingerprint density at radius 3 is 2.69 bits per heavy atom. The number of aromatic carboxylic acids is 1. The smallest absolute Gasteiger partial charge is 0.354 e. The molecule has 0 aliphatic carbocycles. The van der Waals surface area contributed by atoms with E-state index >= 15 is 0 Å². The van der Waals surface area contributed by atoms with Crippen LogP contribution in [0.25, 0.3) is 0 Å². The quantitative estimate of drug-likeness (QED) is 0.939. The molecule has 2 aromatic rings. The Morgan fingerprint density at radius 2 is 2.06 bits per heavy atom. The molecule has 0 saturated carbocycles. The van der Waals surface area contributed by atoms with E-state index in [1.165, 1.54) is 6.20 Å². The number of benzene rings is 1. The van der Waals surface area contributed by atoms with Crippen LogP contribution < -0.4 is 0 Å². The van der Waals surface area contributed by atoms with Gasteiger partial charge in [-0.15, -0.1) is 0 Å². The zero-order valence-corrected chi connectivity index (χ0v) is 9.89. The number of carboxylic acid groups (broad SMARTS) is 1. The molecule has 2 rings (SSSR count). The maximum atomic E-state index is 10.9. The summed E-state index contributed by atoms with van der Waals surface area (Å²) in [7, 11) is 0. The van der Waals surface area contributed by atoms with Gasteiger partial charge in [0.05, 0.1) is 12.7 Å². The normalized spacial score (nSPS) is 10.3. The van der Waals surface area contributed by atoms with E-state index in [1.54, 1.807) is 4.57 Å². The van der Waals surface area contributed by atoms with Gasteiger partial charge in [-0.2, -0.15) is 0 Å². The van der Waals surface area contributed by atoms with Gasteiger partial charge < -0.3 is 9.67 Å². The summed E-state index contributed by atoms with van der Waals surface area (Å²) in [5, 5.41) is 8.98. The van der Waals surface area contributed by atoms with Gasteiger partial charge in [0.25, 0.3) is 0 Å². The van der Waals surface area contributed by atoms with Gasteiger partial charge in [-0.1, -0.05) is 30.3 Å². The number of hydrogen-bond acceptors (Lipinski definition) is 2. The van der Waals surface area contributed by atoms with Gasteiger partial charge >= 0.3 is 5.97 Å². The van der Waals surface area contributed by atoms with Gasteiger partial charge in [0, 0.05) is 0 Å². The summed E-state index contributed by atoms with van der Waals surface area (Å²) in [4.78, 5) is 14.9. The third-order valence-corrected chi connectivity index (χ3v) is 2.84. The lowest BCUT2D eigenvalue weighted by atomic mass is 10.2. The second-order valence-corrected chi connectivity index (χ2v) is 4.00. The van der Waals surface area contributed by atoms with E-state index in [0.29, 0.717) is 11.3 Å². The van der Waals surface area contributed by atoms with Crippen molar-refractivity contribution in [2.24, 2.45) is 0 Å². The van der Waals surface area contributed by atoms with E-state index in [4.69, 9.17) is 5.11 Å². The zero-order chi connectivity index (χ0) is 11.5. The highest BCUT2D eigenvalue weighted by Crippen LogP contribution is 2.14. The van der Waals surface area contributed by atoms with Crippen molar-refractivity contribution in [1.82, 2.24) is 9.55 Å². The summed E-state index contributed by atoms with van der Waals surface area (Å²) in [5.41, 5.74) is 1.21. The van der Waals surface area contributed by atoms with Crippen molar-refractivity contribution in [3.63, 3.8) is 0 Å². The predicted molar refractivity (Wildman–Crippen MR) is 62.4 cm³/mol. The first-order valence-electron chi connectivity index (χ1n) is 4.66. The van der Waals surface area contributed by atoms with Crippen molar-refractivity contribution < 1.29 is 9.90 Å². The Kier molecular flexibility index (Phi) is 3.05. The van der Waals surface area contributed by atoms with Crippen molar-refractivity contribution in [2.75, 3.05) is 0 Å². The number of carboxylic acids is 1. The predicted octanol–water partition coefficient (Wildman–Crippen LogP) is 2.39. The monoisotopic (exact) mass is 280 g/mol. The topological polar surface area (TPSA) is 55.1 Å². The molecule has 0 unspecified atom stereocenters. The van der Waals surface area contributed by atoms with Crippen LogP contribution in [0.4, 0.5) is 0 Å². The van der Waals surface area contributed by atoms with Crippen LogP contribution in [0, 0.1) is 0 Å². The molecule has 1 heterocycles. The minimum absolute atomic E-state index is 0.177. The first-order valence-corrected chi connectivity index (χ1v) is 5.46. The summed E-state index contributed by atoms with van der Waals surface area (Å²) in [6.45, 7) is 0.489. The van der Waals surface area contributed by atoms with Crippen molar-refractivity contribution in [3.05, 3.63) is 52.5 Å². The van der Waals surface area contributed by atoms with Crippen molar-refractivity contribution in [2.45, 2.75) is 6.54 Å². The number of imidazole rings is 1. The van der Waals surface area contributed by atoms with E-state index in [0.717, 1.165) is 5.56 Å². The molecule has 0 fully saturated rings. The molecule has 0 radical (unpaired) electrons. The zero-order valence-electron chi connectivity index (χ0n) is 8.30. The third-order valence-electron chi connectivity index (χ3n) is 2.21. The third kappa shape index (κ3) is 2.14. The van der Waals surface area contributed by atoms with Crippen molar-refractivity contribution in [1.29, 1.82) is 0 Å². The number of carbonyl (C=O) groups is 1. The Balaban J connectivity index is 2.34. The van der Waals surface area contributed by atoms with Crippen LogP contribution in [0.5, 0.6) is 0 Å². The molecule has 0 bridgehead atoms. The summed E-state index contributed by atoms with van der Waals surface area (Å²) in [5.74, 6) is -0.978. The van der Waals surface area contributed by atoms with E-state index in [-0.39, 0.29) is 5.69 Å². The molecule has 0 aliphatic heterocycles. The molecule has 1 N–H and O–H groups in total. The number of halogens is 1. The van der Waals surface area contributed by atoms with Crippen LogP contribution >= 0.6 is 15.9 Å². The molecule has 1 aromatic heterocycles. The highest BCUT2D eigenvalue weighted by Gasteiger charge is 2.13. The molecular weight excluding hydrogens is 272 g/mol. The summed E-state index contributed by atoms with van der Waals surface area (Å²) in [6, 6.07) is 9.64. The molecule has 0 spiro atoms. The molecule has 82 valence electrons. The summed E-state index contributed by atoms with van der Waals surface area (Å²) >= 11 is 3.23. The molecule has 5 heteroatoms. The van der Waals surface area contributed by atoms with Crippen molar-refractivity contribution >= 4 is 21.9 Å². The largest absolute Gasteiger partial charge is 0.477 e. The first kappa shape index (κ1) is 10.9. The Labute approximate surface area is 101 Å². The van der Waals surface area contributed by atoms with Crippen LogP contribution in [0.3, 0.4) is 0 Å². The van der Waals surface area contributed by atoms with Crippen LogP contribution in [0.15, 0.2) is 41.3 Å². The first-order chi connectivity index (χ1) is 7.68.